The molecule has 2 heterocycles. The number of fused-ring (bicyclic) bond motifs is 1. The van der Waals surface area contributed by atoms with Gasteiger partial charge in [-0.25, -0.2) is 4.98 Å². The Balaban J connectivity index is 1.71. The van der Waals surface area contributed by atoms with Crippen molar-refractivity contribution in [2.75, 3.05) is 19.7 Å². The zero-order valence-corrected chi connectivity index (χ0v) is 13.0. The lowest BCUT2D eigenvalue weighted by Crippen LogP contribution is -2.50. The van der Waals surface area contributed by atoms with Gasteiger partial charge in [-0.15, -0.1) is 11.3 Å². The maximum absolute atomic E-state index is 12.2. The third kappa shape index (κ3) is 3.31. The molecular formula is C16H18N2O2S. The van der Waals surface area contributed by atoms with Crippen molar-refractivity contribution in [3.63, 3.8) is 0 Å². The fourth-order valence-electron chi connectivity index (χ4n) is 2.41. The highest BCUT2D eigenvalue weighted by atomic mass is 32.1. The molecule has 1 saturated heterocycles. The van der Waals surface area contributed by atoms with Crippen LogP contribution in [0, 0.1) is 0 Å². The van der Waals surface area contributed by atoms with Crippen LogP contribution in [0.3, 0.4) is 0 Å². The SMILES string of the molecule is CC1(C)CN(C(=O)C=Cc2nc3ccccc3s2)CCO1. The zero-order chi connectivity index (χ0) is 14.9. The molecule has 0 spiro atoms. The van der Waals surface area contributed by atoms with Crippen LogP contribution in [-0.4, -0.2) is 41.1 Å². The summed E-state index contributed by atoms with van der Waals surface area (Å²) in [5.41, 5.74) is 0.708. The van der Waals surface area contributed by atoms with Crippen molar-refractivity contribution in [1.29, 1.82) is 0 Å². The van der Waals surface area contributed by atoms with Gasteiger partial charge >= 0.3 is 0 Å². The van der Waals surface area contributed by atoms with Gasteiger partial charge in [0.05, 0.1) is 22.4 Å². The summed E-state index contributed by atoms with van der Waals surface area (Å²) in [7, 11) is 0. The number of para-hydroxylation sites is 1. The van der Waals surface area contributed by atoms with Gasteiger partial charge in [-0.1, -0.05) is 12.1 Å². The molecule has 0 bridgehead atoms. The van der Waals surface area contributed by atoms with Gasteiger partial charge in [0, 0.05) is 19.2 Å². The van der Waals surface area contributed by atoms with E-state index in [0.29, 0.717) is 19.7 Å². The second-order valence-electron chi connectivity index (χ2n) is 5.72. The van der Waals surface area contributed by atoms with Gasteiger partial charge < -0.3 is 9.64 Å². The summed E-state index contributed by atoms with van der Waals surface area (Å²) in [6.45, 7) is 5.86. The Morgan fingerprint density at radius 3 is 3.00 bits per heavy atom. The van der Waals surface area contributed by atoms with E-state index in [1.54, 1.807) is 23.5 Å². The second-order valence-corrected chi connectivity index (χ2v) is 6.78. The van der Waals surface area contributed by atoms with Crippen molar-refractivity contribution in [3.05, 3.63) is 35.3 Å². The first-order valence-electron chi connectivity index (χ1n) is 7.00. The Morgan fingerprint density at radius 2 is 2.24 bits per heavy atom. The molecule has 1 aromatic carbocycles. The molecule has 0 aliphatic carbocycles. The molecule has 0 saturated carbocycles. The Hall–Kier alpha value is -1.72. The quantitative estimate of drug-likeness (QED) is 0.801. The Bertz CT molecular complexity index is 657. The third-order valence-corrected chi connectivity index (χ3v) is 4.42. The van der Waals surface area contributed by atoms with Crippen LogP contribution in [0.25, 0.3) is 16.3 Å². The number of ether oxygens (including phenoxy) is 1. The molecule has 0 radical (unpaired) electrons. The molecule has 2 aromatic rings. The van der Waals surface area contributed by atoms with E-state index in [2.05, 4.69) is 4.98 Å². The molecule has 0 unspecified atom stereocenters. The number of rotatable bonds is 2. The molecular weight excluding hydrogens is 284 g/mol. The molecule has 4 nitrogen and oxygen atoms in total. The van der Waals surface area contributed by atoms with Crippen molar-refractivity contribution in [2.24, 2.45) is 0 Å². The van der Waals surface area contributed by atoms with E-state index in [9.17, 15) is 4.79 Å². The van der Waals surface area contributed by atoms with E-state index in [0.717, 1.165) is 15.2 Å². The number of hydrogen-bond donors (Lipinski definition) is 0. The normalized spacial score (nSPS) is 18.5. The molecule has 21 heavy (non-hydrogen) atoms. The minimum atomic E-state index is -0.266. The molecule has 1 aliphatic heterocycles. The van der Waals surface area contributed by atoms with Crippen molar-refractivity contribution in [3.8, 4) is 0 Å². The van der Waals surface area contributed by atoms with Gasteiger partial charge in [-0.2, -0.15) is 0 Å². The van der Waals surface area contributed by atoms with Crippen LogP contribution in [0.1, 0.15) is 18.9 Å². The van der Waals surface area contributed by atoms with E-state index >= 15 is 0 Å². The summed E-state index contributed by atoms with van der Waals surface area (Å²) in [4.78, 5) is 18.6. The predicted molar refractivity (Wildman–Crippen MR) is 85.3 cm³/mol. The maximum atomic E-state index is 12.2. The number of carbonyl (C=O) groups is 1. The van der Waals surface area contributed by atoms with Crippen LogP contribution in [0.5, 0.6) is 0 Å². The Kier molecular flexibility index (Phi) is 3.78. The van der Waals surface area contributed by atoms with Crippen molar-refractivity contribution < 1.29 is 9.53 Å². The summed E-state index contributed by atoms with van der Waals surface area (Å²) in [6, 6.07) is 7.98. The standard InChI is InChI=1S/C16H18N2O2S/c1-16(2)11-18(9-10-20-16)15(19)8-7-14-17-12-5-3-4-6-13(12)21-14/h3-8H,9-11H2,1-2H3. The van der Waals surface area contributed by atoms with Crippen LogP contribution in [0.2, 0.25) is 0 Å². The molecule has 5 heteroatoms. The molecule has 1 aromatic heterocycles. The highest BCUT2D eigenvalue weighted by Gasteiger charge is 2.28. The first kappa shape index (κ1) is 14.2. The number of amides is 1. The van der Waals surface area contributed by atoms with E-state index in [-0.39, 0.29) is 11.5 Å². The first-order valence-corrected chi connectivity index (χ1v) is 7.82. The van der Waals surface area contributed by atoms with Gasteiger partial charge in [-0.3, -0.25) is 4.79 Å². The molecule has 1 aliphatic rings. The summed E-state index contributed by atoms with van der Waals surface area (Å²) < 4.78 is 6.76. The summed E-state index contributed by atoms with van der Waals surface area (Å²) in [5, 5.41) is 0.858. The maximum Gasteiger partial charge on any atom is 0.246 e. The highest BCUT2D eigenvalue weighted by Crippen LogP contribution is 2.22. The molecule has 3 rings (SSSR count). The van der Waals surface area contributed by atoms with Crippen LogP contribution in [0.4, 0.5) is 0 Å². The van der Waals surface area contributed by atoms with Gasteiger partial charge in [0.2, 0.25) is 5.91 Å². The molecule has 0 atom stereocenters. The first-order chi connectivity index (χ1) is 10.0. The Morgan fingerprint density at radius 1 is 1.43 bits per heavy atom. The molecule has 0 N–H and O–H groups in total. The van der Waals surface area contributed by atoms with E-state index in [1.165, 1.54) is 0 Å². The largest absolute Gasteiger partial charge is 0.372 e. The summed E-state index contributed by atoms with van der Waals surface area (Å²) in [6.07, 6.45) is 3.41. The minimum Gasteiger partial charge on any atom is -0.372 e. The van der Waals surface area contributed by atoms with Gasteiger partial charge in [-0.05, 0) is 32.1 Å². The monoisotopic (exact) mass is 302 g/mol. The van der Waals surface area contributed by atoms with Crippen LogP contribution in [0.15, 0.2) is 30.3 Å². The smallest absolute Gasteiger partial charge is 0.246 e. The van der Waals surface area contributed by atoms with Crippen molar-refractivity contribution >= 4 is 33.5 Å². The Labute approximate surface area is 128 Å². The number of morpholine rings is 1. The van der Waals surface area contributed by atoms with Gasteiger partial charge in [0.15, 0.2) is 0 Å². The van der Waals surface area contributed by atoms with Crippen molar-refractivity contribution in [2.45, 2.75) is 19.4 Å². The highest BCUT2D eigenvalue weighted by molar-refractivity contribution is 7.19. The minimum absolute atomic E-state index is 0.0191. The number of thiazole rings is 1. The lowest BCUT2D eigenvalue weighted by Gasteiger charge is -2.37. The number of benzene rings is 1. The number of nitrogens with zero attached hydrogens (tertiary/aromatic N) is 2. The average molecular weight is 302 g/mol. The fraction of sp³-hybridized carbons (Fsp3) is 0.375. The lowest BCUT2D eigenvalue weighted by molar-refractivity contribution is -0.140. The third-order valence-electron chi connectivity index (χ3n) is 3.42. The van der Waals surface area contributed by atoms with Crippen LogP contribution < -0.4 is 0 Å². The van der Waals surface area contributed by atoms with Crippen molar-refractivity contribution in [1.82, 2.24) is 9.88 Å². The van der Waals surface area contributed by atoms with Gasteiger partial charge in [0.25, 0.3) is 0 Å². The zero-order valence-electron chi connectivity index (χ0n) is 12.2. The van der Waals surface area contributed by atoms with Gasteiger partial charge in [0.1, 0.15) is 5.01 Å². The molecule has 1 fully saturated rings. The summed E-state index contributed by atoms with van der Waals surface area (Å²) in [5.74, 6) is 0.0191. The topological polar surface area (TPSA) is 42.4 Å². The van der Waals surface area contributed by atoms with E-state index in [4.69, 9.17) is 4.74 Å². The molecule has 110 valence electrons. The van der Waals surface area contributed by atoms with Crippen LogP contribution in [-0.2, 0) is 9.53 Å². The van der Waals surface area contributed by atoms with E-state index < -0.39 is 0 Å². The van der Waals surface area contributed by atoms with Crippen LogP contribution >= 0.6 is 11.3 Å². The van der Waals surface area contributed by atoms with E-state index in [1.807, 2.05) is 43.0 Å². The average Bonchev–Trinajstić information content (AvgIpc) is 2.86. The molecule has 1 amide bonds. The fourth-order valence-corrected chi connectivity index (χ4v) is 3.28. The number of carbonyl (C=O) groups excluding carboxylic acids is 1. The lowest BCUT2D eigenvalue weighted by atomic mass is 10.1. The number of aromatic nitrogens is 1. The predicted octanol–water partition coefficient (Wildman–Crippen LogP) is 2.95. The number of hydrogen-bond acceptors (Lipinski definition) is 4. The second kappa shape index (κ2) is 5.58. The summed E-state index contributed by atoms with van der Waals surface area (Å²) >= 11 is 1.59.